The average molecular weight is 229 g/mol. The van der Waals surface area contributed by atoms with Gasteiger partial charge >= 0.3 is 0 Å². The number of amides is 1. The Bertz CT molecular complexity index is 444. The van der Waals surface area contributed by atoms with Gasteiger partial charge in [0.25, 0.3) is 0 Å². The molecule has 0 heterocycles. The second kappa shape index (κ2) is 3.86. The van der Waals surface area contributed by atoms with Gasteiger partial charge in [-0.05, 0) is 38.2 Å². The van der Waals surface area contributed by atoms with Crippen molar-refractivity contribution in [3.05, 3.63) is 35.4 Å². The van der Waals surface area contributed by atoms with E-state index in [1.807, 2.05) is 0 Å². The Hall–Kier alpha value is -1.31. The molecule has 0 spiro atoms. The lowest BCUT2D eigenvalue weighted by Gasteiger charge is -2.41. The van der Waals surface area contributed by atoms with Crippen molar-refractivity contribution >= 4 is 5.91 Å². The molecule has 0 aromatic heterocycles. The number of carbonyl (C=O) groups excluding carboxylic acids is 1. The van der Waals surface area contributed by atoms with Crippen LogP contribution in [0, 0.1) is 6.92 Å². The monoisotopic (exact) mass is 229 g/mol. The zero-order chi connectivity index (χ0) is 11.9. The lowest BCUT2D eigenvalue weighted by atomic mass is 9.63. The summed E-state index contributed by atoms with van der Waals surface area (Å²) in [6.45, 7) is 2.09. The van der Waals surface area contributed by atoms with E-state index >= 15 is 0 Å². The smallest absolute Gasteiger partial charge is 0.230 e. The third kappa shape index (κ3) is 1.86. The molecular formula is C15H19NO. The molecule has 0 saturated heterocycles. The van der Waals surface area contributed by atoms with Crippen LogP contribution in [0.3, 0.4) is 0 Å². The molecule has 0 unspecified atom stereocenters. The van der Waals surface area contributed by atoms with E-state index in [1.54, 1.807) is 0 Å². The molecule has 2 nitrogen and oxygen atoms in total. The predicted octanol–water partition coefficient (Wildman–Crippen LogP) is 2.70. The van der Waals surface area contributed by atoms with E-state index in [0.717, 1.165) is 25.7 Å². The number of rotatable bonds is 3. The summed E-state index contributed by atoms with van der Waals surface area (Å²) in [4.78, 5) is 12.4. The van der Waals surface area contributed by atoms with E-state index in [4.69, 9.17) is 0 Å². The number of hydrogen-bond donors (Lipinski definition) is 1. The molecule has 0 bridgehead atoms. The SMILES string of the molecule is Cc1cccc(C2(C(=O)NC3CC3)CCC2)c1. The van der Waals surface area contributed by atoms with E-state index in [-0.39, 0.29) is 11.3 Å². The van der Waals surface area contributed by atoms with Crippen LogP contribution in [0.1, 0.15) is 43.2 Å². The molecule has 2 aliphatic carbocycles. The molecule has 1 aromatic carbocycles. The van der Waals surface area contributed by atoms with Gasteiger partial charge < -0.3 is 5.32 Å². The minimum atomic E-state index is -0.214. The van der Waals surface area contributed by atoms with Crippen molar-refractivity contribution in [3.8, 4) is 0 Å². The van der Waals surface area contributed by atoms with Crippen LogP contribution in [-0.4, -0.2) is 11.9 Å². The lowest BCUT2D eigenvalue weighted by Crippen LogP contribution is -2.49. The Morgan fingerprint density at radius 3 is 2.65 bits per heavy atom. The quantitative estimate of drug-likeness (QED) is 0.848. The first-order chi connectivity index (χ1) is 8.21. The summed E-state index contributed by atoms with van der Waals surface area (Å²) >= 11 is 0. The van der Waals surface area contributed by atoms with E-state index in [9.17, 15) is 4.79 Å². The second-order valence-electron chi connectivity index (χ2n) is 5.55. The van der Waals surface area contributed by atoms with Crippen molar-refractivity contribution in [2.45, 2.75) is 50.5 Å². The number of hydrogen-bond acceptors (Lipinski definition) is 1. The molecule has 2 aliphatic rings. The molecule has 1 amide bonds. The van der Waals surface area contributed by atoms with Crippen LogP contribution >= 0.6 is 0 Å². The molecule has 17 heavy (non-hydrogen) atoms. The van der Waals surface area contributed by atoms with Gasteiger partial charge in [0.15, 0.2) is 0 Å². The number of aryl methyl sites for hydroxylation is 1. The van der Waals surface area contributed by atoms with E-state index in [0.29, 0.717) is 6.04 Å². The Morgan fingerprint density at radius 2 is 2.12 bits per heavy atom. The van der Waals surface area contributed by atoms with Crippen LogP contribution in [0.5, 0.6) is 0 Å². The summed E-state index contributed by atoms with van der Waals surface area (Å²) in [6.07, 6.45) is 5.52. The summed E-state index contributed by atoms with van der Waals surface area (Å²) in [6, 6.07) is 8.90. The zero-order valence-electron chi connectivity index (χ0n) is 10.3. The van der Waals surface area contributed by atoms with Crippen LogP contribution in [-0.2, 0) is 10.2 Å². The molecule has 1 N–H and O–H groups in total. The minimum Gasteiger partial charge on any atom is -0.353 e. The van der Waals surface area contributed by atoms with Crippen LogP contribution in [0.4, 0.5) is 0 Å². The van der Waals surface area contributed by atoms with E-state index in [2.05, 4.69) is 36.5 Å². The summed E-state index contributed by atoms with van der Waals surface area (Å²) < 4.78 is 0. The highest BCUT2D eigenvalue weighted by molar-refractivity contribution is 5.89. The topological polar surface area (TPSA) is 29.1 Å². The molecule has 1 aromatic rings. The normalized spacial score (nSPS) is 21.7. The largest absolute Gasteiger partial charge is 0.353 e. The van der Waals surface area contributed by atoms with Crippen LogP contribution in [0.15, 0.2) is 24.3 Å². The standard InChI is InChI=1S/C15H19NO/c1-11-4-2-5-12(10-11)15(8-3-9-15)14(17)16-13-6-7-13/h2,4-5,10,13H,3,6-9H2,1H3,(H,16,17). The molecule has 0 radical (unpaired) electrons. The molecule has 2 saturated carbocycles. The van der Waals surface area contributed by atoms with Crippen molar-refractivity contribution in [1.29, 1.82) is 0 Å². The molecule has 0 aliphatic heterocycles. The molecule has 2 heteroatoms. The fourth-order valence-corrected chi connectivity index (χ4v) is 2.67. The molecule has 90 valence electrons. The highest BCUT2D eigenvalue weighted by Crippen LogP contribution is 2.44. The van der Waals surface area contributed by atoms with Crippen molar-refractivity contribution in [3.63, 3.8) is 0 Å². The molecular weight excluding hydrogens is 210 g/mol. The van der Waals surface area contributed by atoms with Crippen LogP contribution in [0.25, 0.3) is 0 Å². The van der Waals surface area contributed by atoms with Crippen molar-refractivity contribution in [1.82, 2.24) is 5.32 Å². The second-order valence-corrected chi connectivity index (χ2v) is 5.55. The van der Waals surface area contributed by atoms with Gasteiger partial charge in [-0.2, -0.15) is 0 Å². The molecule has 0 atom stereocenters. The van der Waals surface area contributed by atoms with E-state index in [1.165, 1.54) is 17.5 Å². The lowest BCUT2D eigenvalue weighted by molar-refractivity contribution is -0.130. The maximum atomic E-state index is 12.4. The van der Waals surface area contributed by atoms with Gasteiger partial charge in [-0.15, -0.1) is 0 Å². The number of benzene rings is 1. The van der Waals surface area contributed by atoms with Gasteiger partial charge in [-0.3, -0.25) is 4.79 Å². The van der Waals surface area contributed by atoms with Gasteiger partial charge in [0.05, 0.1) is 5.41 Å². The Labute approximate surface area is 102 Å². The maximum absolute atomic E-state index is 12.4. The minimum absolute atomic E-state index is 0.214. The van der Waals surface area contributed by atoms with Gasteiger partial charge in [-0.1, -0.05) is 36.2 Å². The predicted molar refractivity (Wildman–Crippen MR) is 67.9 cm³/mol. The summed E-state index contributed by atoms with van der Waals surface area (Å²) in [5, 5.41) is 3.18. The van der Waals surface area contributed by atoms with Crippen LogP contribution < -0.4 is 5.32 Å². The van der Waals surface area contributed by atoms with Crippen molar-refractivity contribution in [2.24, 2.45) is 0 Å². The first-order valence-electron chi connectivity index (χ1n) is 6.59. The summed E-state index contributed by atoms with van der Waals surface area (Å²) in [5.74, 6) is 0.261. The average Bonchev–Trinajstić information content (AvgIpc) is 3.00. The Kier molecular flexibility index (Phi) is 2.46. The highest BCUT2D eigenvalue weighted by atomic mass is 16.2. The Balaban J connectivity index is 1.87. The number of carbonyl (C=O) groups is 1. The van der Waals surface area contributed by atoms with Gasteiger partial charge in [-0.25, -0.2) is 0 Å². The third-order valence-electron chi connectivity index (χ3n) is 4.12. The van der Waals surface area contributed by atoms with Crippen molar-refractivity contribution < 1.29 is 4.79 Å². The zero-order valence-corrected chi connectivity index (χ0v) is 10.3. The van der Waals surface area contributed by atoms with Crippen molar-refractivity contribution in [2.75, 3.05) is 0 Å². The van der Waals surface area contributed by atoms with Gasteiger partial charge in [0, 0.05) is 6.04 Å². The maximum Gasteiger partial charge on any atom is 0.230 e. The Morgan fingerprint density at radius 1 is 1.35 bits per heavy atom. The number of nitrogens with one attached hydrogen (secondary N) is 1. The van der Waals surface area contributed by atoms with E-state index < -0.39 is 0 Å². The fraction of sp³-hybridized carbons (Fsp3) is 0.533. The highest BCUT2D eigenvalue weighted by Gasteiger charge is 2.46. The first kappa shape index (κ1) is 10.8. The summed E-state index contributed by atoms with van der Waals surface area (Å²) in [7, 11) is 0. The third-order valence-corrected chi connectivity index (χ3v) is 4.12. The molecule has 2 fully saturated rings. The first-order valence-corrected chi connectivity index (χ1v) is 6.59. The van der Waals surface area contributed by atoms with Gasteiger partial charge in [0.2, 0.25) is 5.91 Å². The molecule has 3 rings (SSSR count). The fourth-order valence-electron chi connectivity index (χ4n) is 2.67. The summed E-state index contributed by atoms with van der Waals surface area (Å²) in [5.41, 5.74) is 2.24. The van der Waals surface area contributed by atoms with Crippen LogP contribution in [0.2, 0.25) is 0 Å². The van der Waals surface area contributed by atoms with Gasteiger partial charge in [0.1, 0.15) is 0 Å².